The molecule has 2 aromatic rings. The number of nitriles is 1. The number of hydrogen-bond acceptors (Lipinski definition) is 5. The van der Waals surface area contributed by atoms with Gasteiger partial charge < -0.3 is 10.6 Å². The van der Waals surface area contributed by atoms with Crippen molar-refractivity contribution >= 4 is 45.6 Å². The van der Waals surface area contributed by atoms with E-state index in [9.17, 15) is 14.9 Å². The average molecular weight is 456 g/mol. The second-order valence-corrected chi connectivity index (χ2v) is 10.7. The van der Waals surface area contributed by atoms with Gasteiger partial charge in [-0.2, -0.15) is 5.26 Å². The predicted octanol–water partition coefficient (Wildman–Crippen LogP) is 5.85. The summed E-state index contributed by atoms with van der Waals surface area (Å²) in [5.74, 6) is 0.503. The molecule has 0 unspecified atom stereocenters. The van der Waals surface area contributed by atoms with E-state index < -0.39 is 0 Å². The van der Waals surface area contributed by atoms with Crippen molar-refractivity contribution in [1.29, 1.82) is 5.26 Å². The Morgan fingerprint density at radius 1 is 1.29 bits per heavy atom. The first-order chi connectivity index (χ1) is 14.7. The largest absolute Gasteiger partial charge is 0.325 e. The van der Waals surface area contributed by atoms with Gasteiger partial charge in [-0.3, -0.25) is 9.59 Å². The van der Waals surface area contributed by atoms with Gasteiger partial charge >= 0.3 is 0 Å². The van der Waals surface area contributed by atoms with Gasteiger partial charge in [-0.1, -0.05) is 39.3 Å². The highest BCUT2D eigenvalue weighted by molar-refractivity contribution is 8.00. The third-order valence-electron chi connectivity index (χ3n) is 6.20. The van der Waals surface area contributed by atoms with E-state index in [1.807, 2.05) is 24.3 Å². The second-order valence-electron chi connectivity index (χ2n) is 8.62. The van der Waals surface area contributed by atoms with E-state index in [0.717, 1.165) is 36.1 Å². The summed E-state index contributed by atoms with van der Waals surface area (Å²) in [6, 6.07) is 9.74. The van der Waals surface area contributed by atoms with Gasteiger partial charge in [0.1, 0.15) is 11.1 Å². The minimum absolute atomic E-state index is 0.148. The number of thiophene rings is 1. The number of para-hydroxylation sites is 1. The smallest absolute Gasteiger partial charge is 0.235 e. The molecule has 0 fully saturated rings. The Hall–Kier alpha value is -2.30. The van der Waals surface area contributed by atoms with Crippen molar-refractivity contribution in [3.8, 4) is 6.07 Å². The van der Waals surface area contributed by atoms with Crippen LogP contribution in [0.2, 0.25) is 0 Å². The van der Waals surface area contributed by atoms with Crippen LogP contribution in [0.4, 0.5) is 10.7 Å². The van der Waals surface area contributed by atoms with Crippen LogP contribution in [0.3, 0.4) is 0 Å². The Kier molecular flexibility index (Phi) is 7.45. The first-order valence-electron chi connectivity index (χ1n) is 10.6. The van der Waals surface area contributed by atoms with Crippen LogP contribution in [0.25, 0.3) is 0 Å². The summed E-state index contributed by atoms with van der Waals surface area (Å²) in [7, 11) is 0. The number of amides is 2. The standard InChI is InChI=1S/C24H29N3O2S2/c1-5-24(3,4)16-10-11-17-18(13-25)23(31-21(17)12-16)27-22(29)14-30-20-9-7-6-8-19(20)26-15(2)28/h6-9,16H,5,10-12,14H2,1-4H3,(H,26,28)(H,27,29)/t16-/m1/s1. The quantitative estimate of drug-likeness (QED) is 0.513. The molecule has 0 bridgehead atoms. The Morgan fingerprint density at radius 2 is 2.03 bits per heavy atom. The zero-order valence-corrected chi connectivity index (χ0v) is 20.1. The zero-order valence-electron chi connectivity index (χ0n) is 18.5. The Morgan fingerprint density at radius 3 is 2.71 bits per heavy atom. The van der Waals surface area contributed by atoms with Gasteiger partial charge in [0.05, 0.1) is 17.0 Å². The van der Waals surface area contributed by atoms with Gasteiger partial charge in [0, 0.05) is 16.7 Å². The highest BCUT2D eigenvalue weighted by Crippen LogP contribution is 2.45. The molecule has 2 amide bonds. The molecule has 7 heteroatoms. The number of carbonyl (C=O) groups is 2. The van der Waals surface area contributed by atoms with Crippen molar-refractivity contribution in [2.75, 3.05) is 16.4 Å². The molecule has 1 atom stereocenters. The van der Waals surface area contributed by atoms with E-state index in [2.05, 4.69) is 37.5 Å². The molecule has 0 radical (unpaired) electrons. The van der Waals surface area contributed by atoms with E-state index in [1.165, 1.54) is 23.6 Å². The van der Waals surface area contributed by atoms with Gasteiger partial charge in [-0.15, -0.1) is 23.1 Å². The number of hydrogen-bond donors (Lipinski definition) is 2. The van der Waals surface area contributed by atoms with E-state index in [-0.39, 0.29) is 23.0 Å². The fourth-order valence-corrected chi connectivity index (χ4v) is 6.04. The van der Waals surface area contributed by atoms with Gasteiger partial charge in [0.15, 0.2) is 0 Å². The molecule has 3 rings (SSSR count). The number of anilines is 2. The topological polar surface area (TPSA) is 82.0 Å². The maximum Gasteiger partial charge on any atom is 0.235 e. The molecule has 31 heavy (non-hydrogen) atoms. The number of thioether (sulfide) groups is 1. The molecule has 164 valence electrons. The lowest BCUT2D eigenvalue weighted by atomic mass is 9.69. The number of nitrogens with zero attached hydrogens (tertiary/aromatic N) is 1. The zero-order chi connectivity index (χ0) is 22.6. The van der Waals surface area contributed by atoms with Crippen LogP contribution in [0.15, 0.2) is 29.2 Å². The van der Waals surface area contributed by atoms with Crippen LogP contribution in [0.1, 0.15) is 56.5 Å². The molecule has 0 aliphatic heterocycles. The molecule has 0 saturated carbocycles. The van der Waals surface area contributed by atoms with Crippen molar-refractivity contribution in [2.45, 2.75) is 58.3 Å². The van der Waals surface area contributed by atoms with Crippen LogP contribution >= 0.6 is 23.1 Å². The Bertz CT molecular complexity index is 1020. The molecule has 1 aliphatic carbocycles. The number of nitrogens with one attached hydrogen (secondary N) is 2. The molecule has 1 heterocycles. The highest BCUT2D eigenvalue weighted by Gasteiger charge is 2.34. The number of fused-ring (bicyclic) bond motifs is 1. The molecule has 0 saturated heterocycles. The van der Waals surface area contributed by atoms with Gasteiger partial charge in [0.25, 0.3) is 0 Å². The monoisotopic (exact) mass is 455 g/mol. The lowest BCUT2D eigenvalue weighted by molar-refractivity contribution is -0.114. The Labute approximate surface area is 192 Å². The summed E-state index contributed by atoms with van der Waals surface area (Å²) in [5.41, 5.74) is 2.72. The number of benzene rings is 1. The SMILES string of the molecule is CCC(C)(C)[C@@H]1CCc2c(sc(NC(=O)CSc3ccccc3NC(C)=O)c2C#N)C1. The summed E-state index contributed by atoms with van der Waals surface area (Å²) >= 11 is 2.92. The van der Waals surface area contributed by atoms with Crippen LogP contribution < -0.4 is 10.6 Å². The van der Waals surface area contributed by atoms with Crippen molar-refractivity contribution in [3.05, 3.63) is 40.3 Å². The van der Waals surface area contributed by atoms with E-state index in [1.54, 1.807) is 11.3 Å². The van der Waals surface area contributed by atoms with Gasteiger partial charge in [-0.05, 0) is 48.3 Å². The normalized spacial score (nSPS) is 15.6. The van der Waals surface area contributed by atoms with Crippen molar-refractivity contribution in [3.63, 3.8) is 0 Å². The van der Waals surface area contributed by atoms with Crippen LogP contribution in [-0.4, -0.2) is 17.6 Å². The Balaban J connectivity index is 1.69. The lowest BCUT2D eigenvalue weighted by Crippen LogP contribution is -2.28. The minimum atomic E-state index is -0.150. The fourth-order valence-electron chi connectivity index (χ4n) is 3.94. The van der Waals surface area contributed by atoms with E-state index in [4.69, 9.17) is 0 Å². The number of carbonyl (C=O) groups excluding carboxylic acids is 2. The first-order valence-corrected chi connectivity index (χ1v) is 12.4. The number of rotatable bonds is 7. The second kappa shape index (κ2) is 9.88. The molecule has 1 aliphatic rings. The minimum Gasteiger partial charge on any atom is -0.325 e. The van der Waals surface area contributed by atoms with Crippen molar-refractivity contribution in [2.24, 2.45) is 11.3 Å². The average Bonchev–Trinajstić information content (AvgIpc) is 3.08. The van der Waals surface area contributed by atoms with Crippen molar-refractivity contribution < 1.29 is 9.59 Å². The molecule has 2 N–H and O–H groups in total. The molecule has 1 aromatic carbocycles. The highest BCUT2D eigenvalue weighted by atomic mass is 32.2. The molecule has 1 aromatic heterocycles. The summed E-state index contributed by atoms with van der Waals surface area (Å²) in [5, 5.41) is 16.2. The predicted molar refractivity (Wildman–Crippen MR) is 129 cm³/mol. The molecule has 0 spiro atoms. The van der Waals surface area contributed by atoms with Crippen molar-refractivity contribution in [1.82, 2.24) is 0 Å². The maximum atomic E-state index is 12.6. The summed E-state index contributed by atoms with van der Waals surface area (Å²) in [6.07, 6.45) is 4.09. The van der Waals surface area contributed by atoms with Crippen LogP contribution in [0, 0.1) is 22.7 Å². The lowest BCUT2D eigenvalue weighted by Gasteiger charge is -2.36. The van der Waals surface area contributed by atoms with E-state index in [0.29, 0.717) is 22.2 Å². The third kappa shape index (κ3) is 5.50. The summed E-state index contributed by atoms with van der Waals surface area (Å²) in [4.78, 5) is 26.1. The fraction of sp³-hybridized carbons (Fsp3) is 0.458. The van der Waals surface area contributed by atoms with Gasteiger partial charge in [0.2, 0.25) is 11.8 Å². The first kappa shape index (κ1) is 23.4. The van der Waals surface area contributed by atoms with E-state index >= 15 is 0 Å². The molecular weight excluding hydrogens is 426 g/mol. The molecule has 5 nitrogen and oxygen atoms in total. The maximum absolute atomic E-state index is 12.6. The van der Waals surface area contributed by atoms with Crippen LogP contribution in [0.5, 0.6) is 0 Å². The molecular formula is C24H29N3O2S2. The van der Waals surface area contributed by atoms with Crippen LogP contribution in [-0.2, 0) is 22.4 Å². The summed E-state index contributed by atoms with van der Waals surface area (Å²) < 4.78 is 0. The van der Waals surface area contributed by atoms with Gasteiger partial charge in [-0.25, -0.2) is 0 Å². The summed E-state index contributed by atoms with van der Waals surface area (Å²) in [6.45, 7) is 8.33. The third-order valence-corrected chi connectivity index (χ3v) is 8.45.